The van der Waals surface area contributed by atoms with Crippen LogP contribution in [0.5, 0.6) is 6.01 Å². The van der Waals surface area contributed by atoms with Crippen LogP contribution < -0.4 is 15.0 Å². The van der Waals surface area contributed by atoms with Crippen LogP contribution in [0.15, 0.2) is 24.4 Å². The van der Waals surface area contributed by atoms with Crippen molar-refractivity contribution in [3.8, 4) is 17.3 Å². The predicted molar refractivity (Wildman–Crippen MR) is 166 cm³/mol. The van der Waals surface area contributed by atoms with Crippen LogP contribution in [0.4, 0.5) is 19.4 Å². The predicted octanol–water partition coefficient (Wildman–Crippen LogP) is 6.03. The third-order valence-corrected chi connectivity index (χ3v) is 10.9. The van der Waals surface area contributed by atoms with Crippen molar-refractivity contribution in [1.29, 1.82) is 0 Å². The van der Waals surface area contributed by atoms with Gasteiger partial charge in [-0.25, -0.2) is 13.6 Å². The topological polar surface area (TPSA) is 92.7 Å². The number of ether oxygens (including phenoxy) is 2. The fraction of sp³-hybridized carbons (Fsp3) is 0.576. The minimum absolute atomic E-state index is 0.0446. The Hall–Kier alpha value is -3.31. The quantitative estimate of drug-likeness (QED) is 0.372. The van der Waals surface area contributed by atoms with Gasteiger partial charge in [0.15, 0.2) is 5.82 Å². The van der Waals surface area contributed by atoms with E-state index in [0.717, 1.165) is 44.2 Å². The molecule has 5 aliphatic heterocycles. The molecule has 6 bridgehead atoms. The van der Waals surface area contributed by atoms with Crippen molar-refractivity contribution in [1.82, 2.24) is 25.2 Å². The number of pyridine rings is 1. The van der Waals surface area contributed by atoms with Gasteiger partial charge in [0.05, 0.1) is 23.1 Å². The van der Waals surface area contributed by atoms with Gasteiger partial charge in [-0.15, -0.1) is 0 Å². The third-order valence-electron chi connectivity index (χ3n) is 10.6. The number of benzene rings is 1. The number of piperidine rings is 1. The number of carbonyl (C=O) groups is 1. The second-order valence-corrected chi connectivity index (χ2v) is 14.2. The number of alkyl halides is 1. The van der Waals surface area contributed by atoms with E-state index in [9.17, 15) is 9.18 Å². The largest absolute Gasteiger partial charge is 0.461 e. The Kier molecular flexibility index (Phi) is 7.05. The van der Waals surface area contributed by atoms with Crippen molar-refractivity contribution < 1.29 is 23.0 Å². The standard InChI is InChI=1S/C33H37ClF2N6O3/c1-32-8-3-10-41(17-32)29-23-15-37-27(21-5-2-6-24(34)25(21)22-13-19(22)7-12-44-31(43)40-32)26(36)28(23)38-30(39-29)45-18-33-9-4-11-42(33)16-20(35)14-33/h2,5-6,15,19-20,22H,3-4,7-14,16-18H2,1H3,(H,40,43)/t19-,20-,22+,32-,33+/m1/s1. The van der Waals surface area contributed by atoms with Crippen LogP contribution >= 0.6 is 11.6 Å². The Labute approximate surface area is 265 Å². The number of anilines is 1. The van der Waals surface area contributed by atoms with E-state index >= 15 is 4.39 Å². The van der Waals surface area contributed by atoms with Gasteiger partial charge >= 0.3 is 12.1 Å². The van der Waals surface area contributed by atoms with Crippen molar-refractivity contribution in [3.05, 3.63) is 40.8 Å². The molecule has 12 heteroatoms. The summed E-state index contributed by atoms with van der Waals surface area (Å²) in [7, 11) is 0. The zero-order valence-electron chi connectivity index (χ0n) is 25.3. The summed E-state index contributed by atoms with van der Waals surface area (Å²) in [5.74, 6) is 0.296. The van der Waals surface area contributed by atoms with Gasteiger partial charge < -0.3 is 19.7 Å². The normalized spacial score (nSPS) is 31.2. The van der Waals surface area contributed by atoms with Gasteiger partial charge in [0.25, 0.3) is 0 Å². The molecule has 0 unspecified atom stereocenters. The number of aromatic nitrogens is 3. The molecule has 4 fully saturated rings. The maximum atomic E-state index is 16.8. The third kappa shape index (κ3) is 5.16. The molecule has 9 rings (SSSR count). The number of nitrogens with one attached hydrogen (secondary N) is 1. The summed E-state index contributed by atoms with van der Waals surface area (Å²) < 4.78 is 43.2. The number of fused-ring (bicyclic) bond motifs is 6. The van der Waals surface area contributed by atoms with Gasteiger partial charge in [0, 0.05) is 42.8 Å². The van der Waals surface area contributed by atoms with E-state index in [4.69, 9.17) is 26.1 Å². The highest BCUT2D eigenvalue weighted by atomic mass is 35.5. The fourth-order valence-corrected chi connectivity index (χ4v) is 8.63. The van der Waals surface area contributed by atoms with Crippen molar-refractivity contribution in [3.63, 3.8) is 0 Å². The summed E-state index contributed by atoms with van der Waals surface area (Å²) in [6.07, 6.45) is 5.60. The number of rotatable bonds is 3. The highest BCUT2D eigenvalue weighted by Crippen LogP contribution is 2.54. The molecule has 2 aromatic heterocycles. The first-order valence-electron chi connectivity index (χ1n) is 16.1. The lowest BCUT2D eigenvalue weighted by molar-refractivity contribution is 0.107. The van der Waals surface area contributed by atoms with Gasteiger partial charge in [-0.2, -0.15) is 9.97 Å². The molecular formula is C33H37ClF2N6O3. The minimum atomic E-state index is -0.896. The van der Waals surface area contributed by atoms with Crippen LogP contribution in [0, 0.1) is 11.7 Å². The first kappa shape index (κ1) is 29.1. The first-order chi connectivity index (χ1) is 21.7. The number of halogens is 3. The second kappa shape index (κ2) is 10.9. The molecule has 3 aromatic rings. The molecule has 1 N–H and O–H groups in total. The zero-order chi connectivity index (χ0) is 30.9. The van der Waals surface area contributed by atoms with E-state index in [0.29, 0.717) is 60.9 Å². The van der Waals surface area contributed by atoms with Crippen molar-refractivity contribution in [2.75, 3.05) is 44.3 Å². The molecule has 9 nitrogen and oxygen atoms in total. The monoisotopic (exact) mass is 638 g/mol. The Morgan fingerprint density at radius 2 is 2.09 bits per heavy atom. The van der Waals surface area contributed by atoms with Crippen LogP contribution in [-0.2, 0) is 4.74 Å². The molecule has 238 valence electrons. The summed E-state index contributed by atoms with van der Waals surface area (Å²) in [4.78, 5) is 31.2. The summed E-state index contributed by atoms with van der Waals surface area (Å²) >= 11 is 6.74. The fourth-order valence-electron chi connectivity index (χ4n) is 8.31. The Morgan fingerprint density at radius 3 is 2.98 bits per heavy atom. The van der Waals surface area contributed by atoms with Gasteiger partial charge in [-0.1, -0.05) is 23.7 Å². The van der Waals surface area contributed by atoms with E-state index in [-0.39, 0.29) is 35.7 Å². The van der Waals surface area contributed by atoms with E-state index in [2.05, 4.69) is 20.2 Å². The number of alkyl carbamates (subject to hydrolysis) is 1. The van der Waals surface area contributed by atoms with Crippen LogP contribution in [0.1, 0.15) is 63.4 Å². The summed E-state index contributed by atoms with van der Waals surface area (Å²) in [6.45, 7) is 4.83. The van der Waals surface area contributed by atoms with Gasteiger partial charge in [0.1, 0.15) is 29.8 Å². The van der Waals surface area contributed by atoms with E-state index in [1.807, 2.05) is 24.0 Å². The number of amides is 1. The molecule has 7 heterocycles. The number of carbonyl (C=O) groups excluding carboxylic acids is 1. The Morgan fingerprint density at radius 1 is 1.22 bits per heavy atom. The lowest BCUT2D eigenvalue weighted by atomic mass is 9.91. The molecule has 1 saturated carbocycles. The molecule has 45 heavy (non-hydrogen) atoms. The van der Waals surface area contributed by atoms with Crippen molar-refractivity contribution in [2.45, 2.75) is 75.0 Å². The number of hydrogen-bond acceptors (Lipinski definition) is 8. The molecule has 1 aromatic carbocycles. The maximum absolute atomic E-state index is 16.8. The average Bonchev–Trinajstić information content (AvgIpc) is 3.54. The highest BCUT2D eigenvalue weighted by molar-refractivity contribution is 6.32. The van der Waals surface area contributed by atoms with Gasteiger partial charge in [-0.3, -0.25) is 9.88 Å². The molecule has 1 amide bonds. The summed E-state index contributed by atoms with van der Waals surface area (Å²) in [5.41, 5.74) is 0.769. The van der Waals surface area contributed by atoms with E-state index in [1.54, 1.807) is 12.3 Å². The van der Waals surface area contributed by atoms with Crippen LogP contribution in [-0.4, -0.2) is 82.6 Å². The highest BCUT2D eigenvalue weighted by Gasteiger charge is 2.49. The molecule has 1 aliphatic carbocycles. The molecular weight excluding hydrogens is 602 g/mol. The van der Waals surface area contributed by atoms with E-state index < -0.39 is 29.2 Å². The van der Waals surface area contributed by atoms with E-state index in [1.165, 1.54) is 0 Å². The molecule has 3 saturated heterocycles. The molecule has 5 atom stereocenters. The Bertz CT molecular complexity index is 1680. The molecule has 6 aliphatic rings. The second-order valence-electron chi connectivity index (χ2n) is 13.8. The lowest BCUT2D eigenvalue weighted by Crippen LogP contribution is -2.57. The van der Waals surface area contributed by atoms with Crippen LogP contribution in [0.3, 0.4) is 0 Å². The molecule has 0 radical (unpaired) electrons. The minimum Gasteiger partial charge on any atom is -0.461 e. The smallest absolute Gasteiger partial charge is 0.407 e. The maximum Gasteiger partial charge on any atom is 0.407 e. The molecule has 0 spiro atoms. The van der Waals surface area contributed by atoms with Gasteiger partial charge in [0.2, 0.25) is 0 Å². The van der Waals surface area contributed by atoms with Crippen molar-refractivity contribution >= 4 is 34.4 Å². The van der Waals surface area contributed by atoms with Crippen molar-refractivity contribution in [2.24, 2.45) is 5.92 Å². The summed E-state index contributed by atoms with van der Waals surface area (Å²) in [6, 6.07) is 5.52. The number of hydrogen-bond donors (Lipinski definition) is 1. The average molecular weight is 639 g/mol. The Balaban J connectivity index is 1.26. The van der Waals surface area contributed by atoms with Gasteiger partial charge in [-0.05, 0) is 75.5 Å². The zero-order valence-corrected chi connectivity index (χ0v) is 26.1. The first-order valence-corrected chi connectivity index (χ1v) is 16.5. The van der Waals surface area contributed by atoms with Crippen LogP contribution in [0.25, 0.3) is 22.2 Å². The summed E-state index contributed by atoms with van der Waals surface area (Å²) in [5, 5.41) is 4.10. The van der Waals surface area contributed by atoms with Crippen LogP contribution in [0.2, 0.25) is 5.02 Å². The number of nitrogens with zero attached hydrogens (tertiary/aromatic N) is 5. The SMILES string of the molecule is C[C@@]12CCCN(C1)c1nc(OC[C@@]34CCCN3C[C@H](F)C4)nc3c(F)c(ncc13)-c1cccc(Cl)c1[C@H]1C[C@H]1CCOC(=O)N2. The lowest BCUT2D eigenvalue weighted by Gasteiger charge is -2.41.